The fraction of sp³-hybridized carbons (Fsp3) is 0.400. The molecule has 1 aliphatic heterocycles. The minimum Gasteiger partial charge on any atom is -0.478 e. The summed E-state index contributed by atoms with van der Waals surface area (Å²) in [6, 6.07) is 1.26. The van der Waals surface area contributed by atoms with Crippen LogP contribution < -0.4 is 5.73 Å². The first-order chi connectivity index (χ1) is 12.8. The summed E-state index contributed by atoms with van der Waals surface area (Å²) < 4.78 is 31.7. The van der Waals surface area contributed by atoms with Gasteiger partial charge in [-0.3, -0.25) is 9.59 Å². The summed E-state index contributed by atoms with van der Waals surface area (Å²) >= 11 is 0. The van der Waals surface area contributed by atoms with Crippen LogP contribution in [-0.2, 0) is 9.59 Å². The highest BCUT2D eigenvalue weighted by Crippen LogP contribution is 2.37. The molecule has 4 N–H and O–H groups in total. The highest BCUT2D eigenvalue weighted by Gasteiger charge is 2.52. The molecule has 13 heteroatoms. The summed E-state index contributed by atoms with van der Waals surface area (Å²) in [5.74, 6) is -4.47. The van der Waals surface area contributed by atoms with Crippen LogP contribution in [-0.4, -0.2) is 80.6 Å². The lowest BCUT2D eigenvalue weighted by Crippen LogP contribution is -2.50. The number of hydrogen-bond acceptors (Lipinski definition) is 6. The number of pyridine rings is 1. The van der Waals surface area contributed by atoms with Crippen LogP contribution in [0.15, 0.2) is 12.3 Å². The zero-order chi connectivity index (χ0) is 21.4. The van der Waals surface area contributed by atoms with E-state index in [1.54, 1.807) is 11.9 Å². The molecule has 1 aromatic rings. The molecule has 10 nitrogen and oxygen atoms in total. The molecule has 1 aromatic heterocycles. The number of nitrogens with zero attached hydrogens (tertiary/aromatic N) is 3. The van der Waals surface area contributed by atoms with Gasteiger partial charge in [-0.1, -0.05) is 0 Å². The fourth-order valence-corrected chi connectivity index (χ4v) is 2.62. The van der Waals surface area contributed by atoms with Crippen LogP contribution in [0.4, 0.5) is 18.9 Å². The number of nitrogens with two attached hydrogens (primary N) is 1. The van der Waals surface area contributed by atoms with Crippen molar-refractivity contribution in [2.24, 2.45) is 0 Å². The van der Waals surface area contributed by atoms with E-state index in [0.29, 0.717) is 0 Å². The van der Waals surface area contributed by atoms with E-state index in [1.807, 2.05) is 0 Å². The number of rotatable bonds is 2. The number of fused-ring (bicyclic) bond motifs is 1. The molecular weight excluding hydrogens is 389 g/mol. The van der Waals surface area contributed by atoms with Gasteiger partial charge in [0, 0.05) is 13.2 Å². The highest BCUT2D eigenvalue weighted by molar-refractivity contribution is 6.01. The smallest absolute Gasteiger partial charge is 0.478 e. The third kappa shape index (κ3) is 4.29. The number of aromatic nitrogens is 1. The molecule has 0 radical (unpaired) electrons. The molecule has 0 spiro atoms. The van der Waals surface area contributed by atoms with Gasteiger partial charge >= 0.3 is 18.1 Å². The zero-order valence-electron chi connectivity index (χ0n) is 14.3. The van der Waals surface area contributed by atoms with Crippen molar-refractivity contribution in [3.63, 3.8) is 0 Å². The Morgan fingerprint density at radius 2 is 1.82 bits per heavy atom. The maximum absolute atomic E-state index is 12.5. The van der Waals surface area contributed by atoms with Gasteiger partial charge in [-0.05, 0) is 12.5 Å². The van der Waals surface area contributed by atoms with Crippen molar-refractivity contribution in [3.8, 4) is 0 Å². The SMILES string of the molecule is CN1C(=O)CN(C(=O)c2ncc(C(=O)O)cc2N)[C@H]2C[C@H]21.O=C(O)C(F)(F)F. The second-order valence-corrected chi connectivity index (χ2v) is 6.08. The fourth-order valence-electron chi connectivity index (χ4n) is 2.62. The molecule has 2 fully saturated rings. The molecule has 2 amide bonds. The summed E-state index contributed by atoms with van der Waals surface area (Å²) in [6.45, 7) is -0.00168. The molecule has 0 aromatic carbocycles. The average Bonchev–Trinajstić information content (AvgIpc) is 3.38. The number of carboxylic acids is 2. The Labute approximate surface area is 155 Å². The molecule has 1 saturated heterocycles. The van der Waals surface area contributed by atoms with Crippen LogP contribution >= 0.6 is 0 Å². The summed E-state index contributed by atoms with van der Waals surface area (Å²) in [5.41, 5.74) is 5.63. The van der Waals surface area contributed by atoms with Crippen molar-refractivity contribution in [1.82, 2.24) is 14.8 Å². The third-order valence-electron chi connectivity index (χ3n) is 4.19. The van der Waals surface area contributed by atoms with Crippen LogP contribution in [0, 0.1) is 0 Å². The second kappa shape index (κ2) is 7.32. The Hall–Kier alpha value is -3.38. The van der Waals surface area contributed by atoms with E-state index in [-0.39, 0.29) is 41.5 Å². The number of piperazine rings is 1. The van der Waals surface area contributed by atoms with Gasteiger partial charge in [-0.15, -0.1) is 0 Å². The Balaban J connectivity index is 0.000000345. The van der Waals surface area contributed by atoms with Gasteiger partial charge in [0.2, 0.25) is 5.91 Å². The number of likely N-dealkylation sites (N-methyl/N-ethyl adjacent to an activating group) is 1. The number of hydrogen-bond donors (Lipinski definition) is 3. The molecule has 0 bridgehead atoms. The van der Waals surface area contributed by atoms with Gasteiger partial charge < -0.3 is 25.7 Å². The number of halogens is 3. The number of carbonyl (C=O) groups is 4. The van der Waals surface area contributed by atoms with E-state index in [0.717, 1.165) is 12.6 Å². The van der Waals surface area contributed by atoms with Crippen molar-refractivity contribution in [2.45, 2.75) is 24.7 Å². The molecule has 0 unspecified atom stereocenters. The number of aromatic carboxylic acids is 1. The van der Waals surface area contributed by atoms with Gasteiger partial charge in [-0.2, -0.15) is 13.2 Å². The Bertz CT molecular complexity index is 844. The highest BCUT2D eigenvalue weighted by atomic mass is 19.4. The van der Waals surface area contributed by atoms with Crippen LogP contribution in [0.5, 0.6) is 0 Å². The number of carboxylic acid groups (broad SMARTS) is 2. The molecule has 3 rings (SSSR count). The number of amides is 2. The Kier molecular flexibility index (Phi) is 5.47. The zero-order valence-corrected chi connectivity index (χ0v) is 14.3. The van der Waals surface area contributed by atoms with E-state index in [9.17, 15) is 27.6 Å². The van der Waals surface area contributed by atoms with Crippen LogP contribution in [0.1, 0.15) is 27.3 Å². The van der Waals surface area contributed by atoms with Crippen molar-refractivity contribution in [1.29, 1.82) is 0 Å². The molecule has 2 heterocycles. The Morgan fingerprint density at radius 1 is 1.25 bits per heavy atom. The summed E-state index contributed by atoms with van der Waals surface area (Å²) in [5, 5.41) is 16.0. The van der Waals surface area contributed by atoms with Crippen molar-refractivity contribution < 1.29 is 42.6 Å². The standard InChI is InChI=1S/C13H14N4O4.C2HF3O2/c1-16-8-3-9(8)17(5-10(16)18)12(19)11-7(14)2-6(4-15-11)13(20)21;3-2(4,5)1(6)7/h2,4,8-9H,3,5,14H2,1H3,(H,20,21);(H,6,7)/t8-,9+;/m1./s1. The van der Waals surface area contributed by atoms with Crippen molar-refractivity contribution in [2.75, 3.05) is 19.3 Å². The minimum atomic E-state index is -5.08. The van der Waals surface area contributed by atoms with E-state index >= 15 is 0 Å². The first kappa shape index (κ1) is 20.9. The number of anilines is 1. The predicted octanol–water partition coefficient (Wildman–Crippen LogP) is 0.0504. The van der Waals surface area contributed by atoms with Gasteiger partial charge in [-0.25, -0.2) is 14.6 Å². The summed E-state index contributed by atoms with van der Waals surface area (Å²) in [6.07, 6.45) is -3.24. The molecule has 2 atom stereocenters. The summed E-state index contributed by atoms with van der Waals surface area (Å²) in [7, 11) is 1.73. The molecule has 2 aliphatic rings. The lowest BCUT2D eigenvalue weighted by Gasteiger charge is -2.31. The monoisotopic (exact) mass is 404 g/mol. The predicted molar refractivity (Wildman–Crippen MR) is 85.3 cm³/mol. The van der Waals surface area contributed by atoms with Crippen molar-refractivity contribution >= 4 is 29.4 Å². The van der Waals surface area contributed by atoms with Gasteiger partial charge in [0.1, 0.15) is 6.54 Å². The van der Waals surface area contributed by atoms with E-state index < -0.39 is 24.0 Å². The molecule has 1 aliphatic carbocycles. The van der Waals surface area contributed by atoms with Gasteiger partial charge in [0.05, 0.1) is 23.3 Å². The number of carbonyl (C=O) groups excluding carboxylic acids is 2. The van der Waals surface area contributed by atoms with Gasteiger partial charge in [0.25, 0.3) is 5.91 Å². The first-order valence-corrected chi connectivity index (χ1v) is 7.70. The van der Waals surface area contributed by atoms with Gasteiger partial charge in [0.15, 0.2) is 5.69 Å². The van der Waals surface area contributed by atoms with Crippen LogP contribution in [0.3, 0.4) is 0 Å². The molecule has 152 valence electrons. The largest absolute Gasteiger partial charge is 0.490 e. The quantitative estimate of drug-likeness (QED) is 0.625. The first-order valence-electron chi connectivity index (χ1n) is 7.70. The van der Waals surface area contributed by atoms with Crippen LogP contribution in [0.2, 0.25) is 0 Å². The average molecular weight is 404 g/mol. The normalized spacial score (nSPS) is 20.6. The van der Waals surface area contributed by atoms with E-state index in [2.05, 4.69) is 4.98 Å². The second-order valence-electron chi connectivity index (χ2n) is 6.08. The molecular formula is C15H15F3N4O6. The van der Waals surface area contributed by atoms with E-state index in [4.69, 9.17) is 20.7 Å². The number of alkyl halides is 3. The minimum absolute atomic E-state index is 0.000510. The summed E-state index contributed by atoms with van der Waals surface area (Å²) in [4.78, 5) is 51.0. The molecule has 28 heavy (non-hydrogen) atoms. The Morgan fingerprint density at radius 3 is 2.29 bits per heavy atom. The number of aliphatic carboxylic acids is 1. The maximum Gasteiger partial charge on any atom is 0.490 e. The van der Waals surface area contributed by atoms with E-state index in [1.165, 1.54) is 11.0 Å². The third-order valence-corrected chi connectivity index (χ3v) is 4.19. The topological polar surface area (TPSA) is 154 Å². The van der Waals surface area contributed by atoms with Crippen molar-refractivity contribution in [3.05, 3.63) is 23.5 Å². The lowest BCUT2D eigenvalue weighted by molar-refractivity contribution is -0.192. The number of nitrogen functional groups attached to an aromatic ring is 1. The lowest BCUT2D eigenvalue weighted by atomic mass is 10.2. The maximum atomic E-state index is 12.5. The molecule has 1 saturated carbocycles. The van der Waals surface area contributed by atoms with Crippen LogP contribution in [0.25, 0.3) is 0 Å².